The Labute approximate surface area is 64.8 Å². The van der Waals surface area contributed by atoms with Gasteiger partial charge in [-0.05, 0) is 0 Å². The van der Waals surface area contributed by atoms with Crippen LogP contribution in [0.5, 0.6) is 0 Å². The first kappa shape index (κ1) is 7.28. The molecule has 0 N–H and O–H groups in total. The van der Waals surface area contributed by atoms with Crippen LogP contribution in [0.15, 0.2) is 0 Å². The van der Waals surface area contributed by atoms with Gasteiger partial charge in [-0.15, -0.1) is 0 Å². The summed E-state index contributed by atoms with van der Waals surface area (Å²) in [6.45, 7) is 0.450. The lowest BCUT2D eigenvalue weighted by Crippen LogP contribution is -2.28. The summed E-state index contributed by atoms with van der Waals surface area (Å²) in [5, 5.41) is 0. The predicted molar refractivity (Wildman–Crippen MR) is 40.9 cm³/mol. The second-order valence-corrected chi connectivity index (χ2v) is 4.19. The quantitative estimate of drug-likeness (QED) is 0.316. The lowest BCUT2D eigenvalue weighted by atomic mass is 10.2. The maximum Gasteiger partial charge on any atom is 0.308 e. The monoisotopic (exact) mass is 164 g/mol. The maximum absolute atomic E-state index is 10.6. The summed E-state index contributed by atoms with van der Waals surface area (Å²) in [5.74, 6) is -0.203. The molecule has 1 rings (SSSR count). The molecule has 1 aliphatic heterocycles. The number of rotatable bonds is 0. The fraction of sp³-hybridized carbons (Fsp3) is 0.800. The maximum atomic E-state index is 10.6. The molecule has 0 spiro atoms. The van der Waals surface area contributed by atoms with Crippen LogP contribution in [-0.2, 0) is 9.53 Å². The molecule has 0 aromatic rings. The molecular formula is C5H8O2S2. The van der Waals surface area contributed by atoms with Crippen molar-refractivity contribution in [2.45, 2.75) is 16.9 Å². The number of esters is 1. The standard InChI is InChI=1S/C5H8O2S2/c6-4-3-5(8,9)1-2-7-4/h8-9H,1-3H2. The number of hydrogen-bond acceptors (Lipinski definition) is 4. The first-order valence-corrected chi connectivity index (χ1v) is 3.60. The van der Waals surface area contributed by atoms with E-state index in [9.17, 15) is 4.79 Å². The van der Waals surface area contributed by atoms with Gasteiger partial charge >= 0.3 is 5.97 Å². The molecule has 1 saturated heterocycles. The fourth-order valence-corrected chi connectivity index (χ4v) is 1.14. The summed E-state index contributed by atoms with van der Waals surface area (Å²) in [4.78, 5) is 10.6. The molecule has 4 heteroatoms. The minimum Gasteiger partial charge on any atom is -0.466 e. The van der Waals surface area contributed by atoms with E-state index in [0.717, 1.165) is 6.42 Å². The highest BCUT2D eigenvalue weighted by Gasteiger charge is 2.29. The summed E-state index contributed by atoms with van der Waals surface area (Å²) < 4.78 is 4.24. The van der Waals surface area contributed by atoms with Crippen LogP contribution in [0.3, 0.4) is 0 Å². The molecule has 0 bridgehead atoms. The Bertz CT molecular complexity index is 133. The molecular weight excluding hydrogens is 156 g/mol. The van der Waals surface area contributed by atoms with E-state index in [1.807, 2.05) is 0 Å². The Hall–Kier alpha value is 0.170. The van der Waals surface area contributed by atoms with E-state index in [2.05, 4.69) is 30.0 Å². The van der Waals surface area contributed by atoms with Crippen molar-refractivity contribution in [1.82, 2.24) is 0 Å². The normalized spacial score (nSPS) is 25.3. The Morgan fingerprint density at radius 3 is 2.56 bits per heavy atom. The van der Waals surface area contributed by atoms with Crippen molar-refractivity contribution in [1.29, 1.82) is 0 Å². The van der Waals surface area contributed by atoms with Crippen LogP contribution in [0.1, 0.15) is 12.8 Å². The van der Waals surface area contributed by atoms with Crippen molar-refractivity contribution in [3.63, 3.8) is 0 Å². The molecule has 1 aliphatic rings. The molecule has 0 unspecified atom stereocenters. The van der Waals surface area contributed by atoms with Crippen LogP contribution in [0.25, 0.3) is 0 Å². The second kappa shape index (κ2) is 2.42. The van der Waals surface area contributed by atoms with Gasteiger partial charge in [0.25, 0.3) is 0 Å². The van der Waals surface area contributed by atoms with Crippen molar-refractivity contribution >= 4 is 31.2 Å². The van der Waals surface area contributed by atoms with Gasteiger partial charge in [0.15, 0.2) is 0 Å². The van der Waals surface area contributed by atoms with Crippen LogP contribution >= 0.6 is 25.3 Å². The van der Waals surface area contributed by atoms with Gasteiger partial charge in [-0.25, -0.2) is 0 Å². The highest BCUT2D eigenvalue weighted by atomic mass is 32.2. The highest BCUT2D eigenvalue weighted by Crippen LogP contribution is 2.31. The van der Waals surface area contributed by atoms with Crippen molar-refractivity contribution < 1.29 is 9.53 Å². The van der Waals surface area contributed by atoms with E-state index in [1.165, 1.54) is 0 Å². The molecule has 0 atom stereocenters. The van der Waals surface area contributed by atoms with E-state index >= 15 is 0 Å². The molecule has 0 aromatic carbocycles. The number of carbonyl (C=O) groups excluding carboxylic acids is 1. The minimum atomic E-state index is -0.435. The highest BCUT2D eigenvalue weighted by molar-refractivity contribution is 8.00. The van der Waals surface area contributed by atoms with Gasteiger partial charge in [0.2, 0.25) is 0 Å². The van der Waals surface area contributed by atoms with E-state index in [-0.39, 0.29) is 5.97 Å². The minimum absolute atomic E-state index is 0.203. The molecule has 0 aromatic heterocycles. The third-order valence-corrected chi connectivity index (χ3v) is 1.96. The smallest absolute Gasteiger partial charge is 0.308 e. The van der Waals surface area contributed by atoms with Crippen molar-refractivity contribution in [3.05, 3.63) is 0 Å². The molecule has 0 radical (unpaired) electrons. The Kier molecular flexibility index (Phi) is 1.96. The Morgan fingerprint density at radius 1 is 1.56 bits per heavy atom. The average Bonchev–Trinajstić information content (AvgIpc) is 1.60. The summed E-state index contributed by atoms with van der Waals surface area (Å²) >= 11 is 8.28. The lowest BCUT2D eigenvalue weighted by molar-refractivity contribution is -0.146. The van der Waals surface area contributed by atoms with Crippen LogP contribution in [0.2, 0.25) is 0 Å². The third-order valence-electron chi connectivity index (χ3n) is 1.19. The topological polar surface area (TPSA) is 26.3 Å². The third kappa shape index (κ3) is 2.10. The van der Waals surface area contributed by atoms with E-state index < -0.39 is 4.08 Å². The fourth-order valence-electron chi connectivity index (χ4n) is 0.699. The molecule has 9 heavy (non-hydrogen) atoms. The zero-order valence-corrected chi connectivity index (χ0v) is 6.62. The van der Waals surface area contributed by atoms with Gasteiger partial charge < -0.3 is 4.74 Å². The van der Waals surface area contributed by atoms with Gasteiger partial charge in [-0.2, -0.15) is 25.3 Å². The van der Waals surface area contributed by atoms with Crippen LogP contribution < -0.4 is 0 Å². The number of ether oxygens (including phenoxy) is 1. The van der Waals surface area contributed by atoms with Gasteiger partial charge in [-0.3, -0.25) is 4.79 Å². The number of thiol groups is 2. The molecule has 0 saturated carbocycles. The second-order valence-electron chi connectivity index (χ2n) is 2.13. The van der Waals surface area contributed by atoms with Gasteiger partial charge in [0.05, 0.1) is 17.1 Å². The Balaban J connectivity index is 2.51. The predicted octanol–water partition coefficient (Wildman–Crippen LogP) is 0.879. The largest absolute Gasteiger partial charge is 0.466 e. The molecule has 52 valence electrons. The summed E-state index contributed by atoms with van der Waals surface area (Å²) in [7, 11) is 0. The summed E-state index contributed by atoms with van der Waals surface area (Å²) in [6, 6.07) is 0. The van der Waals surface area contributed by atoms with Crippen LogP contribution in [0, 0.1) is 0 Å². The van der Waals surface area contributed by atoms with Crippen LogP contribution in [0.4, 0.5) is 0 Å². The first-order chi connectivity index (χ1) is 4.10. The SMILES string of the molecule is O=C1CC(S)(S)CCO1. The van der Waals surface area contributed by atoms with E-state index in [1.54, 1.807) is 0 Å². The van der Waals surface area contributed by atoms with Crippen molar-refractivity contribution in [3.8, 4) is 0 Å². The molecule has 1 heterocycles. The summed E-state index contributed by atoms with van der Waals surface area (Å²) in [6.07, 6.45) is 1.03. The van der Waals surface area contributed by atoms with Gasteiger partial charge in [-0.1, -0.05) is 0 Å². The number of cyclic esters (lactones) is 1. The summed E-state index contributed by atoms with van der Waals surface area (Å²) in [5.41, 5.74) is 0. The molecule has 0 amide bonds. The zero-order chi connectivity index (χ0) is 6.91. The Morgan fingerprint density at radius 2 is 2.22 bits per heavy atom. The zero-order valence-electron chi connectivity index (χ0n) is 4.83. The number of hydrogen-bond donors (Lipinski definition) is 2. The van der Waals surface area contributed by atoms with Crippen molar-refractivity contribution in [2.24, 2.45) is 0 Å². The molecule has 0 aliphatic carbocycles. The van der Waals surface area contributed by atoms with Crippen molar-refractivity contribution in [2.75, 3.05) is 6.61 Å². The average molecular weight is 164 g/mol. The first-order valence-electron chi connectivity index (χ1n) is 2.70. The van der Waals surface area contributed by atoms with Gasteiger partial charge in [0, 0.05) is 6.42 Å². The van der Waals surface area contributed by atoms with E-state index in [0.29, 0.717) is 13.0 Å². The lowest BCUT2D eigenvalue weighted by Gasteiger charge is -2.25. The number of carbonyl (C=O) groups is 1. The molecule has 1 fully saturated rings. The molecule has 2 nitrogen and oxygen atoms in total. The van der Waals surface area contributed by atoms with Crippen LogP contribution in [-0.4, -0.2) is 16.7 Å². The van der Waals surface area contributed by atoms with E-state index in [4.69, 9.17) is 0 Å². The van der Waals surface area contributed by atoms with Gasteiger partial charge in [0.1, 0.15) is 0 Å².